The number of halogens is 1. The number of carboxylic acids is 1. The predicted molar refractivity (Wildman–Crippen MR) is 42.1 cm³/mol. The van der Waals surface area contributed by atoms with Crippen molar-refractivity contribution in [2.45, 2.75) is 0 Å². The summed E-state index contributed by atoms with van der Waals surface area (Å²) in [5.74, 6) is -1.15. The van der Waals surface area contributed by atoms with Crippen molar-refractivity contribution >= 4 is 27.6 Å². The number of aromatic nitrogens is 2. The van der Waals surface area contributed by atoms with Gasteiger partial charge in [0.2, 0.25) is 11.5 Å². The van der Waals surface area contributed by atoms with Crippen LogP contribution in [0, 0.1) is 0 Å². The third-order valence-corrected chi connectivity index (χ3v) is 1.92. The van der Waals surface area contributed by atoms with E-state index in [-0.39, 0.29) is 5.82 Å². The van der Waals surface area contributed by atoms with Gasteiger partial charge in [0, 0.05) is 6.20 Å². The van der Waals surface area contributed by atoms with Crippen LogP contribution in [0.5, 0.6) is 0 Å². The largest absolute Gasteiger partial charge is 0.475 e. The normalized spacial score (nSPS) is 10.8. The smallest absolute Gasteiger partial charge is 0.372 e. The SMILES string of the molecule is O=C(O)c1nc(Br)c2occn12. The number of rotatable bonds is 1. The van der Waals surface area contributed by atoms with Crippen LogP contribution in [0.3, 0.4) is 0 Å². The monoisotopic (exact) mass is 230 g/mol. The van der Waals surface area contributed by atoms with E-state index < -0.39 is 5.97 Å². The number of hydrogen-bond acceptors (Lipinski definition) is 3. The fraction of sp³-hybridized carbons (Fsp3) is 0. The van der Waals surface area contributed by atoms with Gasteiger partial charge in [-0.3, -0.25) is 4.40 Å². The van der Waals surface area contributed by atoms with Crippen LogP contribution in [-0.4, -0.2) is 20.5 Å². The Morgan fingerprint density at radius 1 is 1.75 bits per heavy atom. The Morgan fingerprint density at radius 2 is 2.50 bits per heavy atom. The highest BCUT2D eigenvalue weighted by Crippen LogP contribution is 2.18. The van der Waals surface area contributed by atoms with E-state index >= 15 is 0 Å². The lowest BCUT2D eigenvalue weighted by molar-refractivity contribution is 0.0682. The number of hydrogen-bond donors (Lipinski definition) is 1. The van der Waals surface area contributed by atoms with E-state index in [9.17, 15) is 4.79 Å². The number of fused-ring (bicyclic) bond motifs is 1. The number of carbonyl (C=O) groups is 1. The lowest BCUT2D eigenvalue weighted by atomic mass is 10.6. The standard InChI is InChI=1S/C6H3BrN2O3/c7-3-5-9(1-2-12-5)4(8-3)6(10)11/h1-2H,(H,10,11). The van der Waals surface area contributed by atoms with Gasteiger partial charge < -0.3 is 9.52 Å². The first-order valence-electron chi connectivity index (χ1n) is 3.04. The molecular weight excluding hydrogens is 228 g/mol. The van der Waals surface area contributed by atoms with Crippen molar-refractivity contribution in [3.8, 4) is 0 Å². The molecule has 2 rings (SSSR count). The van der Waals surface area contributed by atoms with Gasteiger partial charge in [0.05, 0.1) is 0 Å². The van der Waals surface area contributed by atoms with Gasteiger partial charge in [-0.1, -0.05) is 0 Å². The van der Waals surface area contributed by atoms with Crippen molar-refractivity contribution < 1.29 is 14.3 Å². The molecule has 62 valence electrons. The molecule has 0 saturated heterocycles. The summed E-state index contributed by atoms with van der Waals surface area (Å²) in [5, 5.41) is 8.67. The van der Waals surface area contributed by atoms with Crippen molar-refractivity contribution in [3.05, 3.63) is 22.9 Å². The third-order valence-electron chi connectivity index (χ3n) is 1.41. The fourth-order valence-electron chi connectivity index (χ4n) is 0.941. The molecule has 0 radical (unpaired) electrons. The van der Waals surface area contributed by atoms with Gasteiger partial charge in [0.1, 0.15) is 6.26 Å². The Morgan fingerprint density at radius 3 is 3.17 bits per heavy atom. The van der Waals surface area contributed by atoms with Crippen LogP contribution < -0.4 is 0 Å². The molecule has 0 saturated carbocycles. The van der Waals surface area contributed by atoms with Gasteiger partial charge in [-0.05, 0) is 15.9 Å². The Kier molecular flexibility index (Phi) is 1.44. The minimum absolute atomic E-state index is 0.0642. The Bertz CT molecular complexity index is 445. The van der Waals surface area contributed by atoms with Gasteiger partial charge in [0.25, 0.3) is 0 Å². The van der Waals surface area contributed by atoms with Gasteiger partial charge >= 0.3 is 5.97 Å². The minimum Gasteiger partial charge on any atom is -0.475 e. The van der Waals surface area contributed by atoms with E-state index in [4.69, 9.17) is 9.52 Å². The molecule has 2 heterocycles. The Balaban J connectivity index is 2.83. The quantitative estimate of drug-likeness (QED) is 0.804. The van der Waals surface area contributed by atoms with Crippen molar-refractivity contribution in [2.75, 3.05) is 0 Å². The maximum absolute atomic E-state index is 10.6. The molecule has 5 nitrogen and oxygen atoms in total. The number of carboxylic acid groups (broad SMARTS) is 1. The number of oxazole rings is 1. The minimum atomic E-state index is -1.09. The topological polar surface area (TPSA) is 67.7 Å². The molecule has 1 N–H and O–H groups in total. The summed E-state index contributed by atoms with van der Waals surface area (Å²) in [6, 6.07) is 0. The van der Waals surface area contributed by atoms with Crippen molar-refractivity contribution in [2.24, 2.45) is 0 Å². The van der Waals surface area contributed by atoms with E-state index in [2.05, 4.69) is 20.9 Å². The first kappa shape index (κ1) is 7.35. The summed E-state index contributed by atoms with van der Waals surface area (Å²) in [5.41, 5.74) is 0.396. The van der Waals surface area contributed by atoms with Crippen molar-refractivity contribution in [1.82, 2.24) is 9.38 Å². The summed E-state index contributed by atoms with van der Waals surface area (Å²) in [7, 11) is 0. The maximum atomic E-state index is 10.6. The molecule has 0 atom stereocenters. The molecule has 0 bridgehead atoms. The highest BCUT2D eigenvalue weighted by Gasteiger charge is 2.16. The van der Waals surface area contributed by atoms with Gasteiger partial charge in [-0.2, -0.15) is 0 Å². The molecule has 0 fully saturated rings. The van der Waals surface area contributed by atoms with Crippen LogP contribution >= 0.6 is 15.9 Å². The molecule has 0 amide bonds. The predicted octanol–water partition coefficient (Wildman–Crippen LogP) is 1.39. The molecule has 0 aliphatic carbocycles. The van der Waals surface area contributed by atoms with Crippen LogP contribution in [0.25, 0.3) is 5.71 Å². The first-order chi connectivity index (χ1) is 5.70. The molecule has 12 heavy (non-hydrogen) atoms. The molecule has 2 aromatic heterocycles. The summed E-state index contributed by atoms with van der Waals surface area (Å²) in [4.78, 5) is 14.3. The summed E-state index contributed by atoms with van der Waals surface area (Å²) in [6.45, 7) is 0. The van der Waals surface area contributed by atoms with Crippen LogP contribution in [0.1, 0.15) is 10.6 Å². The van der Waals surface area contributed by atoms with Crippen LogP contribution in [-0.2, 0) is 0 Å². The zero-order chi connectivity index (χ0) is 8.72. The molecule has 0 spiro atoms. The summed E-state index contributed by atoms with van der Waals surface area (Å²) >= 11 is 3.08. The lowest BCUT2D eigenvalue weighted by Gasteiger charge is -1.85. The van der Waals surface area contributed by atoms with E-state index in [1.807, 2.05) is 0 Å². The first-order valence-corrected chi connectivity index (χ1v) is 3.84. The summed E-state index contributed by atoms with van der Waals surface area (Å²) in [6.07, 6.45) is 2.89. The van der Waals surface area contributed by atoms with Crippen molar-refractivity contribution in [1.29, 1.82) is 0 Å². The molecule has 6 heteroatoms. The Hall–Kier alpha value is -1.30. The highest BCUT2D eigenvalue weighted by molar-refractivity contribution is 9.10. The van der Waals surface area contributed by atoms with Crippen LogP contribution in [0.2, 0.25) is 0 Å². The van der Waals surface area contributed by atoms with E-state index in [0.29, 0.717) is 10.3 Å². The number of nitrogens with zero attached hydrogens (tertiary/aromatic N) is 2. The van der Waals surface area contributed by atoms with Crippen LogP contribution in [0.15, 0.2) is 21.5 Å². The van der Waals surface area contributed by atoms with E-state index in [1.165, 1.54) is 16.9 Å². The average molecular weight is 231 g/mol. The van der Waals surface area contributed by atoms with Gasteiger partial charge in [-0.15, -0.1) is 0 Å². The number of aromatic carboxylic acids is 1. The zero-order valence-electron chi connectivity index (χ0n) is 5.69. The fourth-order valence-corrected chi connectivity index (χ4v) is 1.39. The third kappa shape index (κ3) is 0.845. The maximum Gasteiger partial charge on any atom is 0.372 e. The van der Waals surface area contributed by atoms with Crippen molar-refractivity contribution in [3.63, 3.8) is 0 Å². The van der Waals surface area contributed by atoms with E-state index in [0.717, 1.165) is 0 Å². The second-order valence-electron chi connectivity index (χ2n) is 2.11. The zero-order valence-corrected chi connectivity index (χ0v) is 7.28. The average Bonchev–Trinajstić information content (AvgIpc) is 2.53. The van der Waals surface area contributed by atoms with Gasteiger partial charge in [0.15, 0.2) is 4.60 Å². The van der Waals surface area contributed by atoms with E-state index in [1.54, 1.807) is 0 Å². The number of imidazole rings is 1. The molecule has 0 aliphatic heterocycles. The molecule has 0 aliphatic rings. The molecule has 0 aromatic carbocycles. The Labute approximate surface area is 74.8 Å². The summed E-state index contributed by atoms with van der Waals surface area (Å²) < 4.78 is 6.72. The lowest BCUT2D eigenvalue weighted by Crippen LogP contribution is -2.01. The molecule has 2 aromatic rings. The molecular formula is C6H3BrN2O3. The second kappa shape index (κ2) is 2.34. The van der Waals surface area contributed by atoms with Gasteiger partial charge in [-0.25, -0.2) is 9.78 Å². The molecule has 0 unspecified atom stereocenters. The second-order valence-corrected chi connectivity index (χ2v) is 2.86. The highest BCUT2D eigenvalue weighted by atomic mass is 79.9. The van der Waals surface area contributed by atoms with Crippen LogP contribution in [0.4, 0.5) is 0 Å².